The molecule has 22 heavy (non-hydrogen) atoms. The van der Waals surface area contributed by atoms with Crippen LogP contribution >= 0.6 is 23.2 Å². The van der Waals surface area contributed by atoms with E-state index in [0.717, 1.165) is 24.9 Å². The van der Waals surface area contributed by atoms with Crippen LogP contribution < -0.4 is 0 Å². The summed E-state index contributed by atoms with van der Waals surface area (Å²) < 4.78 is 0. The monoisotopic (exact) mass is 343 g/mol. The van der Waals surface area contributed by atoms with Gasteiger partial charge in [0.05, 0.1) is 16.1 Å². The zero-order chi connectivity index (χ0) is 16.5. The quantitative estimate of drug-likeness (QED) is 0.628. The lowest BCUT2D eigenvalue weighted by atomic mass is 9.94. The van der Waals surface area contributed by atoms with Gasteiger partial charge >= 0.3 is 0 Å². The van der Waals surface area contributed by atoms with E-state index in [4.69, 9.17) is 23.2 Å². The van der Waals surface area contributed by atoms with Crippen LogP contribution in [0.25, 0.3) is 6.08 Å². The molecule has 1 aromatic rings. The third kappa shape index (κ3) is 7.15. The van der Waals surface area contributed by atoms with E-state index in [1.54, 1.807) is 6.07 Å². The van der Waals surface area contributed by atoms with E-state index in [2.05, 4.69) is 11.8 Å². The van der Waals surface area contributed by atoms with E-state index >= 15 is 0 Å². The second-order valence-electron chi connectivity index (χ2n) is 6.04. The molecule has 0 saturated carbocycles. The molecule has 0 aliphatic rings. The molecule has 124 valence electrons. The first kappa shape index (κ1) is 19.5. The normalized spacial score (nSPS) is 14.7. The summed E-state index contributed by atoms with van der Waals surface area (Å²) in [5.74, 6) is 0.251. The molecule has 0 saturated heterocycles. The molecule has 1 rings (SSSR count). The third-order valence-corrected chi connectivity index (χ3v) is 4.43. The Kier molecular flexibility index (Phi) is 9.11. The molecule has 0 aromatic heterocycles. The largest absolute Gasteiger partial charge is 0.389 e. The summed E-state index contributed by atoms with van der Waals surface area (Å²) >= 11 is 11.9. The van der Waals surface area contributed by atoms with Crippen molar-refractivity contribution in [3.05, 3.63) is 39.9 Å². The maximum Gasteiger partial charge on any atom is 0.0764 e. The summed E-state index contributed by atoms with van der Waals surface area (Å²) in [7, 11) is 4.09. The van der Waals surface area contributed by atoms with Crippen LogP contribution in [-0.4, -0.2) is 36.8 Å². The van der Waals surface area contributed by atoms with Crippen LogP contribution in [0.2, 0.25) is 10.0 Å². The fourth-order valence-corrected chi connectivity index (χ4v) is 2.79. The smallest absolute Gasteiger partial charge is 0.0764 e. The van der Waals surface area contributed by atoms with Crippen molar-refractivity contribution >= 4 is 29.3 Å². The lowest BCUT2D eigenvalue weighted by Crippen LogP contribution is -2.30. The molecule has 0 amide bonds. The summed E-state index contributed by atoms with van der Waals surface area (Å²) in [6, 6.07) is 5.48. The van der Waals surface area contributed by atoms with Gasteiger partial charge in [0.15, 0.2) is 0 Å². The Morgan fingerprint density at radius 2 is 1.91 bits per heavy atom. The number of hydrogen-bond donors (Lipinski definition) is 1. The number of halogens is 2. The van der Waals surface area contributed by atoms with Gasteiger partial charge in [0.2, 0.25) is 0 Å². The van der Waals surface area contributed by atoms with Crippen molar-refractivity contribution in [2.24, 2.45) is 5.92 Å². The fourth-order valence-electron chi connectivity index (χ4n) is 2.48. The SMILES string of the molecule is CCCCCC(CN(C)C)C(O)C=Cc1ccc(Cl)c(Cl)c1. The molecule has 0 aliphatic heterocycles. The van der Waals surface area contributed by atoms with Crippen molar-refractivity contribution < 1.29 is 5.11 Å². The molecule has 0 fully saturated rings. The predicted molar refractivity (Wildman–Crippen MR) is 97.7 cm³/mol. The molecule has 0 spiro atoms. The molecule has 1 aromatic carbocycles. The Morgan fingerprint density at radius 3 is 2.50 bits per heavy atom. The van der Waals surface area contributed by atoms with Crippen molar-refractivity contribution in [1.82, 2.24) is 4.90 Å². The number of aliphatic hydroxyl groups excluding tert-OH is 1. The molecule has 2 atom stereocenters. The third-order valence-electron chi connectivity index (χ3n) is 3.69. The fraction of sp³-hybridized carbons (Fsp3) is 0.556. The number of hydrogen-bond acceptors (Lipinski definition) is 2. The van der Waals surface area contributed by atoms with Crippen molar-refractivity contribution in [3.63, 3.8) is 0 Å². The van der Waals surface area contributed by atoms with Crippen LogP contribution in [0.3, 0.4) is 0 Å². The highest BCUT2D eigenvalue weighted by Crippen LogP contribution is 2.24. The molecule has 0 aliphatic carbocycles. The van der Waals surface area contributed by atoms with Gasteiger partial charge in [0, 0.05) is 12.5 Å². The second-order valence-corrected chi connectivity index (χ2v) is 6.86. The summed E-state index contributed by atoms with van der Waals surface area (Å²) in [6.07, 6.45) is 7.94. The zero-order valence-electron chi connectivity index (χ0n) is 13.7. The molecule has 1 N–H and O–H groups in total. The number of benzene rings is 1. The molecule has 0 heterocycles. The summed E-state index contributed by atoms with van der Waals surface area (Å²) in [4.78, 5) is 2.13. The molecule has 0 radical (unpaired) electrons. The zero-order valence-corrected chi connectivity index (χ0v) is 15.2. The molecule has 4 heteroatoms. The van der Waals surface area contributed by atoms with Crippen molar-refractivity contribution in [2.45, 2.75) is 38.7 Å². The van der Waals surface area contributed by atoms with Gasteiger partial charge < -0.3 is 10.0 Å². The summed E-state index contributed by atoms with van der Waals surface area (Å²) in [5, 5.41) is 11.5. The van der Waals surface area contributed by atoms with E-state index in [1.807, 2.05) is 38.4 Å². The van der Waals surface area contributed by atoms with E-state index in [0.29, 0.717) is 10.0 Å². The molecular formula is C18H27Cl2NO. The first-order valence-electron chi connectivity index (χ1n) is 7.90. The van der Waals surface area contributed by atoms with Gasteiger partial charge in [-0.2, -0.15) is 0 Å². The average Bonchev–Trinajstić information content (AvgIpc) is 2.47. The highest BCUT2D eigenvalue weighted by molar-refractivity contribution is 6.42. The second kappa shape index (κ2) is 10.3. The van der Waals surface area contributed by atoms with Gasteiger partial charge in [-0.15, -0.1) is 0 Å². The average molecular weight is 344 g/mol. The highest BCUT2D eigenvalue weighted by Gasteiger charge is 2.17. The molecule has 0 bridgehead atoms. The Morgan fingerprint density at radius 1 is 1.18 bits per heavy atom. The Labute approximate surface area is 144 Å². The van der Waals surface area contributed by atoms with Crippen molar-refractivity contribution in [1.29, 1.82) is 0 Å². The van der Waals surface area contributed by atoms with Crippen LogP contribution in [0.4, 0.5) is 0 Å². The maximum absolute atomic E-state index is 10.5. The Balaban J connectivity index is 2.68. The van der Waals surface area contributed by atoms with Gasteiger partial charge in [-0.05, 0) is 38.2 Å². The van der Waals surface area contributed by atoms with E-state index in [-0.39, 0.29) is 5.92 Å². The van der Waals surface area contributed by atoms with Crippen LogP contribution in [0.15, 0.2) is 24.3 Å². The number of nitrogens with zero attached hydrogens (tertiary/aromatic N) is 1. The minimum absolute atomic E-state index is 0.251. The van der Waals surface area contributed by atoms with Gasteiger partial charge in [0.25, 0.3) is 0 Å². The summed E-state index contributed by atoms with van der Waals surface area (Å²) in [5.41, 5.74) is 0.950. The van der Waals surface area contributed by atoms with Crippen LogP contribution in [0.5, 0.6) is 0 Å². The number of rotatable bonds is 9. The van der Waals surface area contributed by atoms with E-state index in [9.17, 15) is 5.11 Å². The lowest BCUT2D eigenvalue weighted by molar-refractivity contribution is 0.122. The van der Waals surface area contributed by atoms with E-state index in [1.165, 1.54) is 12.8 Å². The van der Waals surface area contributed by atoms with Gasteiger partial charge in [-0.1, -0.05) is 67.6 Å². The predicted octanol–water partition coefficient (Wildman–Crippen LogP) is 5.13. The van der Waals surface area contributed by atoms with Gasteiger partial charge in [-0.25, -0.2) is 0 Å². The molecule has 2 nitrogen and oxygen atoms in total. The summed E-state index contributed by atoms with van der Waals surface area (Å²) in [6.45, 7) is 3.08. The minimum atomic E-state index is -0.450. The maximum atomic E-state index is 10.5. The first-order valence-corrected chi connectivity index (χ1v) is 8.65. The van der Waals surface area contributed by atoms with Crippen molar-refractivity contribution in [3.8, 4) is 0 Å². The lowest BCUT2D eigenvalue weighted by Gasteiger charge is -2.24. The number of unbranched alkanes of at least 4 members (excludes halogenated alkanes) is 2. The topological polar surface area (TPSA) is 23.5 Å². The van der Waals surface area contributed by atoms with Gasteiger partial charge in [-0.3, -0.25) is 0 Å². The van der Waals surface area contributed by atoms with Crippen molar-refractivity contribution in [2.75, 3.05) is 20.6 Å². The number of aliphatic hydroxyl groups is 1. The van der Waals surface area contributed by atoms with Crippen LogP contribution in [0.1, 0.15) is 38.2 Å². The first-order chi connectivity index (χ1) is 10.4. The van der Waals surface area contributed by atoms with E-state index < -0.39 is 6.10 Å². The minimum Gasteiger partial charge on any atom is -0.389 e. The Bertz CT molecular complexity index is 474. The van der Waals surface area contributed by atoms with Gasteiger partial charge in [0.1, 0.15) is 0 Å². The van der Waals surface area contributed by atoms with Crippen LogP contribution in [0, 0.1) is 5.92 Å². The highest BCUT2D eigenvalue weighted by atomic mass is 35.5. The standard InChI is InChI=1S/C18H27Cl2NO/c1-4-5-6-7-15(13-21(2)3)18(22)11-9-14-8-10-16(19)17(20)12-14/h8-12,15,18,22H,4-7,13H2,1-3H3. The Hall–Kier alpha value is -0.540. The molecular weight excluding hydrogens is 317 g/mol. The molecule has 2 unspecified atom stereocenters. The van der Waals surface area contributed by atoms with Crippen LogP contribution in [-0.2, 0) is 0 Å².